The molecule has 0 saturated heterocycles. The van der Waals surface area contributed by atoms with Crippen molar-refractivity contribution in [2.24, 2.45) is 0 Å². The molecule has 2 aromatic carbocycles. The number of rotatable bonds is 2. The van der Waals surface area contributed by atoms with E-state index in [0.717, 1.165) is 33.0 Å². The van der Waals surface area contributed by atoms with Crippen LogP contribution in [0.4, 0.5) is 0 Å². The molecule has 0 aliphatic carbocycles. The maximum absolute atomic E-state index is 10.4. The van der Waals surface area contributed by atoms with Gasteiger partial charge in [-0.05, 0) is 24.6 Å². The van der Waals surface area contributed by atoms with Crippen LogP contribution in [0.2, 0.25) is 0 Å². The van der Waals surface area contributed by atoms with E-state index in [0.29, 0.717) is 11.3 Å². The number of pyridine rings is 1. The van der Waals surface area contributed by atoms with E-state index in [1.54, 1.807) is 19.4 Å². The number of phenols is 1. The third-order valence-corrected chi connectivity index (χ3v) is 4.10. The van der Waals surface area contributed by atoms with E-state index in [9.17, 15) is 5.11 Å². The molecule has 0 fully saturated rings. The van der Waals surface area contributed by atoms with Gasteiger partial charge in [-0.25, -0.2) is 4.98 Å². The molecule has 0 aliphatic rings. The lowest BCUT2D eigenvalue weighted by atomic mass is 9.97. The molecule has 4 rings (SSSR count). The summed E-state index contributed by atoms with van der Waals surface area (Å²) in [6.07, 6.45) is 1.74. The number of aryl methyl sites for hydroxylation is 1. The number of ether oxygens (including phenoxy) is 1. The van der Waals surface area contributed by atoms with Gasteiger partial charge in [0.1, 0.15) is 11.5 Å². The van der Waals surface area contributed by atoms with Crippen molar-refractivity contribution in [3.63, 3.8) is 0 Å². The Morgan fingerprint density at radius 3 is 2.70 bits per heavy atom. The molecule has 0 saturated carbocycles. The zero-order valence-electron chi connectivity index (χ0n) is 12.8. The largest absolute Gasteiger partial charge is 0.507 e. The number of hydrogen-bond acceptors (Lipinski definition) is 4. The highest BCUT2D eigenvalue weighted by atomic mass is 16.5. The minimum absolute atomic E-state index is 0.209. The molecule has 5 heteroatoms. The Bertz CT molecular complexity index is 1020. The Morgan fingerprint density at radius 2 is 1.91 bits per heavy atom. The van der Waals surface area contributed by atoms with Gasteiger partial charge in [-0.1, -0.05) is 24.3 Å². The molecule has 4 aromatic rings. The van der Waals surface area contributed by atoms with E-state index in [1.807, 2.05) is 37.3 Å². The van der Waals surface area contributed by atoms with E-state index in [4.69, 9.17) is 9.72 Å². The summed E-state index contributed by atoms with van der Waals surface area (Å²) < 4.78 is 5.52. The van der Waals surface area contributed by atoms with Crippen molar-refractivity contribution in [3.8, 4) is 22.8 Å². The van der Waals surface area contributed by atoms with Crippen molar-refractivity contribution in [2.45, 2.75) is 6.92 Å². The van der Waals surface area contributed by atoms with Gasteiger partial charge in [-0.2, -0.15) is 5.10 Å². The van der Waals surface area contributed by atoms with Crippen molar-refractivity contribution in [3.05, 3.63) is 48.2 Å². The van der Waals surface area contributed by atoms with E-state index in [-0.39, 0.29) is 5.75 Å². The predicted molar refractivity (Wildman–Crippen MR) is 89.8 cm³/mol. The Morgan fingerprint density at radius 1 is 1.09 bits per heavy atom. The summed E-state index contributed by atoms with van der Waals surface area (Å²) in [4.78, 5) is 4.70. The van der Waals surface area contributed by atoms with Gasteiger partial charge in [0, 0.05) is 16.3 Å². The highest BCUT2D eigenvalue weighted by Crippen LogP contribution is 2.40. The normalized spacial score (nSPS) is 11.2. The number of benzene rings is 2. The highest BCUT2D eigenvalue weighted by molar-refractivity contribution is 6.13. The average molecular weight is 305 g/mol. The van der Waals surface area contributed by atoms with Crippen LogP contribution in [0.25, 0.3) is 33.1 Å². The second kappa shape index (κ2) is 4.98. The lowest BCUT2D eigenvalue weighted by Crippen LogP contribution is -1.93. The molecule has 0 radical (unpaired) electrons. The van der Waals surface area contributed by atoms with Crippen molar-refractivity contribution in [1.29, 1.82) is 0 Å². The number of methoxy groups -OCH3 is 1. The van der Waals surface area contributed by atoms with Gasteiger partial charge < -0.3 is 9.84 Å². The summed E-state index contributed by atoms with van der Waals surface area (Å²) in [5, 5.41) is 20.1. The van der Waals surface area contributed by atoms with Crippen LogP contribution in [-0.2, 0) is 0 Å². The van der Waals surface area contributed by atoms with Crippen LogP contribution < -0.4 is 4.74 Å². The van der Waals surface area contributed by atoms with Crippen molar-refractivity contribution >= 4 is 21.8 Å². The molecule has 114 valence electrons. The van der Waals surface area contributed by atoms with Gasteiger partial charge in [-0.15, -0.1) is 0 Å². The second-order valence-electron chi connectivity index (χ2n) is 5.44. The monoisotopic (exact) mass is 305 g/mol. The first-order valence-corrected chi connectivity index (χ1v) is 7.29. The first-order valence-electron chi connectivity index (χ1n) is 7.29. The van der Waals surface area contributed by atoms with Crippen molar-refractivity contribution < 1.29 is 9.84 Å². The smallest absolute Gasteiger partial charge is 0.156 e. The fourth-order valence-corrected chi connectivity index (χ4v) is 3.05. The average Bonchev–Trinajstić information content (AvgIpc) is 3.02. The van der Waals surface area contributed by atoms with E-state index in [1.165, 1.54) is 0 Å². The molecule has 0 amide bonds. The van der Waals surface area contributed by atoms with Crippen LogP contribution >= 0.6 is 0 Å². The number of phenolic OH excluding ortho intramolecular Hbond substituents is 1. The Balaban J connectivity index is 2.22. The SMILES string of the molecule is COc1cccc2c(-c3c(C)cccc3O)nc3[nH]ncc3c12. The zero-order chi connectivity index (χ0) is 16.0. The van der Waals surface area contributed by atoms with Crippen LogP contribution in [0.15, 0.2) is 42.6 Å². The fourth-order valence-electron chi connectivity index (χ4n) is 3.05. The van der Waals surface area contributed by atoms with Crippen LogP contribution in [0.3, 0.4) is 0 Å². The fraction of sp³-hybridized carbons (Fsp3) is 0.111. The molecule has 0 aliphatic heterocycles. The zero-order valence-corrected chi connectivity index (χ0v) is 12.8. The molecule has 2 heterocycles. The summed E-state index contributed by atoms with van der Waals surface area (Å²) in [5.41, 5.74) is 3.06. The lowest BCUT2D eigenvalue weighted by molar-refractivity contribution is 0.420. The Hall–Kier alpha value is -3.08. The third-order valence-electron chi connectivity index (χ3n) is 4.10. The number of hydrogen-bond donors (Lipinski definition) is 2. The molecule has 0 spiro atoms. The molecule has 5 nitrogen and oxygen atoms in total. The number of nitrogens with zero attached hydrogens (tertiary/aromatic N) is 2. The number of H-pyrrole nitrogens is 1. The maximum Gasteiger partial charge on any atom is 0.156 e. The van der Waals surface area contributed by atoms with Crippen molar-refractivity contribution in [1.82, 2.24) is 15.2 Å². The molecule has 2 aromatic heterocycles. The van der Waals surface area contributed by atoms with Crippen LogP contribution in [0.5, 0.6) is 11.5 Å². The third kappa shape index (κ3) is 1.93. The minimum atomic E-state index is 0.209. The van der Waals surface area contributed by atoms with Crippen LogP contribution in [0.1, 0.15) is 5.56 Å². The van der Waals surface area contributed by atoms with Gasteiger partial charge in [-0.3, -0.25) is 5.10 Å². The molecule has 0 bridgehead atoms. The topological polar surface area (TPSA) is 71.0 Å². The van der Waals surface area contributed by atoms with E-state index < -0.39 is 0 Å². The lowest BCUT2D eigenvalue weighted by Gasteiger charge is -2.13. The molecule has 0 atom stereocenters. The van der Waals surface area contributed by atoms with E-state index >= 15 is 0 Å². The van der Waals surface area contributed by atoms with Crippen LogP contribution in [-0.4, -0.2) is 27.4 Å². The number of nitrogens with one attached hydrogen (secondary N) is 1. The first-order chi connectivity index (χ1) is 11.2. The molecule has 0 unspecified atom stereocenters. The number of aromatic nitrogens is 3. The number of fused-ring (bicyclic) bond motifs is 3. The Labute approximate surface area is 132 Å². The van der Waals surface area contributed by atoms with Crippen molar-refractivity contribution in [2.75, 3.05) is 7.11 Å². The standard InChI is InChI=1S/C18H15N3O2/c1-10-5-3-7-13(22)15(10)17-11-6-4-8-14(23-2)16(11)12-9-19-21-18(12)20-17/h3-9,22H,1-2H3,(H,19,20,21). The summed E-state index contributed by atoms with van der Waals surface area (Å²) in [6, 6.07) is 11.3. The molecule has 23 heavy (non-hydrogen) atoms. The van der Waals surface area contributed by atoms with Gasteiger partial charge in [0.25, 0.3) is 0 Å². The van der Waals surface area contributed by atoms with Gasteiger partial charge in [0.05, 0.1) is 24.4 Å². The van der Waals surface area contributed by atoms with Crippen LogP contribution in [0, 0.1) is 6.92 Å². The minimum Gasteiger partial charge on any atom is -0.507 e. The summed E-state index contributed by atoms with van der Waals surface area (Å²) in [7, 11) is 1.64. The van der Waals surface area contributed by atoms with E-state index in [2.05, 4.69) is 10.2 Å². The quantitative estimate of drug-likeness (QED) is 0.591. The summed E-state index contributed by atoms with van der Waals surface area (Å²) >= 11 is 0. The Kier molecular flexibility index (Phi) is 2.94. The van der Waals surface area contributed by atoms with Gasteiger partial charge >= 0.3 is 0 Å². The van der Waals surface area contributed by atoms with Gasteiger partial charge in [0.2, 0.25) is 0 Å². The summed E-state index contributed by atoms with van der Waals surface area (Å²) in [6.45, 7) is 1.96. The predicted octanol–water partition coefficient (Wildman–Crippen LogP) is 3.80. The number of aromatic hydroxyl groups is 1. The summed E-state index contributed by atoms with van der Waals surface area (Å²) in [5.74, 6) is 0.964. The molecule has 2 N–H and O–H groups in total. The second-order valence-corrected chi connectivity index (χ2v) is 5.44. The number of aromatic amines is 1. The maximum atomic E-state index is 10.4. The molecular formula is C18H15N3O2. The van der Waals surface area contributed by atoms with Gasteiger partial charge in [0.15, 0.2) is 5.65 Å². The molecular weight excluding hydrogens is 290 g/mol. The highest BCUT2D eigenvalue weighted by Gasteiger charge is 2.18. The first kappa shape index (κ1) is 13.6.